The van der Waals surface area contributed by atoms with E-state index < -0.39 is 28.8 Å². The van der Waals surface area contributed by atoms with Crippen LogP contribution in [0, 0.1) is 12.3 Å². The number of carbonyl (C=O) groups excluding carboxylic acids is 2. The van der Waals surface area contributed by atoms with Gasteiger partial charge in [-0.3, -0.25) is 19.2 Å². The molecule has 1 aliphatic heterocycles. The predicted octanol–water partition coefficient (Wildman–Crippen LogP) is 4.30. The lowest BCUT2D eigenvalue weighted by atomic mass is 9.85. The van der Waals surface area contributed by atoms with Crippen LogP contribution in [0.15, 0.2) is 38.3 Å². The number of aryl methyl sites for hydroxylation is 1. The van der Waals surface area contributed by atoms with Crippen LogP contribution in [-0.2, 0) is 16.1 Å². The molecule has 1 atom stereocenters. The van der Waals surface area contributed by atoms with E-state index in [1.54, 1.807) is 19.1 Å². The lowest BCUT2D eigenvalue weighted by molar-refractivity contribution is -0.143. The third-order valence-electron chi connectivity index (χ3n) is 6.10. The summed E-state index contributed by atoms with van der Waals surface area (Å²) in [6.45, 7) is 9.59. The number of nitrogens with zero attached hydrogens (tertiary/aromatic N) is 1. The first-order chi connectivity index (χ1) is 16.9. The Balaban J connectivity index is 1.65. The van der Waals surface area contributed by atoms with Crippen LogP contribution in [0.3, 0.4) is 0 Å². The molecule has 0 aliphatic carbocycles. The molecule has 4 rings (SSSR count). The van der Waals surface area contributed by atoms with Crippen molar-refractivity contribution in [2.24, 2.45) is 5.41 Å². The highest BCUT2D eigenvalue weighted by atomic mass is 35.5. The zero-order valence-corrected chi connectivity index (χ0v) is 21.5. The van der Waals surface area contributed by atoms with Gasteiger partial charge in [0.15, 0.2) is 0 Å². The van der Waals surface area contributed by atoms with Crippen molar-refractivity contribution in [3.63, 3.8) is 0 Å². The number of benzene rings is 1. The Kier molecular flexibility index (Phi) is 6.70. The minimum atomic E-state index is -0.696. The molecule has 36 heavy (non-hydrogen) atoms. The molecule has 0 fully saturated rings. The fourth-order valence-corrected chi connectivity index (χ4v) is 4.50. The van der Waals surface area contributed by atoms with Gasteiger partial charge in [-0.25, -0.2) is 0 Å². The number of hydrogen-bond donors (Lipinski definition) is 2. The smallest absolute Gasteiger partial charge is 0.325 e. The third kappa shape index (κ3) is 4.63. The SMILES string of the molecule is CCOC(=O)CN1Cc2c(Cl)ccc(Nc3c(N[C@@H](c4ccc(C)o4)C(C)(C)C)c(=O)c3=O)c2C1=O. The van der Waals surface area contributed by atoms with Crippen molar-refractivity contribution < 1.29 is 18.7 Å². The van der Waals surface area contributed by atoms with Crippen LogP contribution in [0.2, 0.25) is 5.02 Å². The molecule has 190 valence electrons. The molecule has 0 spiro atoms. The molecule has 9 nitrogen and oxygen atoms in total. The maximum atomic E-state index is 13.1. The highest BCUT2D eigenvalue weighted by molar-refractivity contribution is 6.32. The summed E-state index contributed by atoms with van der Waals surface area (Å²) in [5.74, 6) is 0.415. The molecule has 2 N–H and O–H groups in total. The average molecular weight is 514 g/mol. The monoisotopic (exact) mass is 513 g/mol. The molecule has 0 saturated heterocycles. The summed E-state index contributed by atoms with van der Waals surface area (Å²) in [5, 5.41) is 6.52. The first-order valence-corrected chi connectivity index (χ1v) is 12.0. The van der Waals surface area contributed by atoms with Crippen molar-refractivity contribution in [1.29, 1.82) is 0 Å². The first-order valence-electron chi connectivity index (χ1n) is 11.6. The number of furan rings is 1. The van der Waals surface area contributed by atoms with Crippen molar-refractivity contribution in [2.45, 2.75) is 47.2 Å². The van der Waals surface area contributed by atoms with Gasteiger partial charge in [0.1, 0.15) is 29.4 Å². The number of rotatable bonds is 8. The summed E-state index contributed by atoms with van der Waals surface area (Å²) < 4.78 is 10.8. The molecule has 0 bridgehead atoms. The van der Waals surface area contributed by atoms with Gasteiger partial charge in [-0.2, -0.15) is 0 Å². The summed E-state index contributed by atoms with van der Waals surface area (Å²) in [6.07, 6.45) is 0. The van der Waals surface area contributed by atoms with Crippen LogP contribution in [0.4, 0.5) is 17.1 Å². The van der Waals surface area contributed by atoms with Crippen LogP contribution < -0.4 is 21.5 Å². The highest BCUT2D eigenvalue weighted by Crippen LogP contribution is 2.39. The van der Waals surface area contributed by atoms with E-state index in [4.69, 9.17) is 20.8 Å². The molecule has 1 amide bonds. The fraction of sp³-hybridized carbons (Fsp3) is 0.385. The van der Waals surface area contributed by atoms with Gasteiger partial charge >= 0.3 is 5.97 Å². The van der Waals surface area contributed by atoms with E-state index in [2.05, 4.69) is 10.6 Å². The van der Waals surface area contributed by atoms with E-state index in [9.17, 15) is 19.2 Å². The zero-order valence-electron chi connectivity index (χ0n) is 20.8. The summed E-state index contributed by atoms with van der Waals surface area (Å²) in [5.41, 5.74) is -0.434. The minimum absolute atomic E-state index is 0.0543. The van der Waals surface area contributed by atoms with E-state index in [-0.39, 0.29) is 42.0 Å². The van der Waals surface area contributed by atoms with Gasteiger partial charge < -0.3 is 24.7 Å². The molecule has 0 radical (unpaired) electrons. The van der Waals surface area contributed by atoms with Crippen molar-refractivity contribution >= 4 is 40.5 Å². The largest absolute Gasteiger partial charge is 0.465 e. The Bertz CT molecular complexity index is 1410. The molecular formula is C26H28ClN3O6. The van der Waals surface area contributed by atoms with Crippen LogP contribution in [0.1, 0.15) is 61.2 Å². The maximum absolute atomic E-state index is 13.1. The van der Waals surface area contributed by atoms with E-state index in [1.807, 2.05) is 39.8 Å². The van der Waals surface area contributed by atoms with Gasteiger partial charge in [-0.1, -0.05) is 32.4 Å². The van der Waals surface area contributed by atoms with Crippen LogP contribution >= 0.6 is 11.6 Å². The van der Waals surface area contributed by atoms with E-state index in [0.29, 0.717) is 22.0 Å². The van der Waals surface area contributed by atoms with Crippen molar-refractivity contribution in [3.8, 4) is 0 Å². The maximum Gasteiger partial charge on any atom is 0.325 e. The Morgan fingerprint density at radius 3 is 2.44 bits per heavy atom. The zero-order chi connectivity index (χ0) is 26.4. The van der Waals surface area contributed by atoms with Crippen molar-refractivity contribution in [3.05, 3.63) is 72.4 Å². The molecule has 10 heteroatoms. The van der Waals surface area contributed by atoms with Gasteiger partial charge in [0.2, 0.25) is 0 Å². The normalized spacial score (nSPS) is 14.2. The molecule has 3 aromatic rings. The standard InChI is InChI=1S/C26H28ClN3O6/c1-6-35-18(31)12-30-11-14-15(27)8-9-16(19(14)25(30)34)28-20-21(23(33)22(20)32)29-24(26(3,4)5)17-10-7-13(2)36-17/h7-10,24,28-29H,6,11-12H2,1-5H3/t24-/m0/s1. The Labute approximate surface area is 213 Å². The van der Waals surface area contributed by atoms with Crippen LogP contribution in [0.5, 0.6) is 0 Å². The summed E-state index contributed by atoms with van der Waals surface area (Å²) >= 11 is 6.35. The second-order valence-electron chi connectivity index (χ2n) is 9.84. The number of esters is 1. The predicted molar refractivity (Wildman–Crippen MR) is 137 cm³/mol. The van der Waals surface area contributed by atoms with E-state index >= 15 is 0 Å². The van der Waals surface area contributed by atoms with Crippen molar-refractivity contribution in [2.75, 3.05) is 23.8 Å². The van der Waals surface area contributed by atoms with E-state index in [1.165, 1.54) is 4.90 Å². The van der Waals surface area contributed by atoms with Gasteiger partial charge in [0, 0.05) is 17.1 Å². The Morgan fingerprint density at radius 1 is 1.14 bits per heavy atom. The summed E-state index contributed by atoms with van der Waals surface area (Å²) in [6, 6.07) is 6.45. The molecule has 1 aliphatic rings. The number of hydrogen-bond acceptors (Lipinski definition) is 8. The summed E-state index contributed by atoms with van der Waals surface area (Å²) in [4.78, 5) is 51.5. The van der Waals surface area contributed by atoms with Gasteiger partial charge in [0.05, 0.1) is 23.9 Å². The Hall–Kier alpha value is -3.59. The molecular weight excluding hydrogens is 486 g/mol. The summed E-state index contributed by atoms with van der Waals surface area (Å²) in [7, 11) is 0. The second kappa shape index (κ2) is 9.46. The highest BCUT2D eigenvalue weighted by Gasteiger charge is 2.36. The molecule has 0 saturated carbocycles. The fourth-order valence-electron chi connectivity index (χ4n) is 4.29. The minimum Gasteiger partial charge on any atom is -0.465 e. The van der Waals surface area contributed by atoms with Crippen molar-refractivity contribution in [1.82, 2.24) is 4.90 Å². The van der Waals surface area contributed by atoms with Gasteiger partial charge in [0.25, 0.3) is 16.8 Å². The molecule has 2 aromatic carbocycles. The number of carbonyl (C=O) groups is 2. The first kappa shape index (κ1) is 25.5. The van der Waals surface area contributed by atoms with Crippen LogP contribution in [-0.4, -0.2) is 29.9 Å². The Morgan fingerprint density at radius 2 is 1.83 bits per heavy atom. The lowest BCUT2D eigenvalue weighted by Gasteiger charge is -2.31. The number of amides is 1. The average Bonchev–Trinajstić information content (AvgIpc) is 3.37. The topological polar surface area (TPSA) is 118 Å². The quantitative estimate of drug-likeness (QED) is 0.338. The van der Waals surface area contributed by atoms with Gasteiger partial charge in [-0.15, -0.1) is 0 Å². The molecule has 2 heterocycles. The van der Waals surface area contributed by atoms with E-state index in [0.717, 1.165) is 5.76 Å². The van der Waals surface area contributed by atoms with Gasteiger partial charge in [-0.05, 0) is 43.5 Å². The molecule has 1 aromatic heterocycles. The second-order valence-corrected chi connectivity index (χ2v) is 10.2. The number of halogens is 1. The number of ether oxygens (including phenoxy) is 1. The number of anilines is 3. The third-order valence-corrected chi connectivity index (χ3v) is 6.46. The molecule has 0 unspecified atom stereocenters. The number of nitrogens with one attached hydrogen (secondary N) is 2. The lowest BCUT2D eigenvalue weighted by Crippen LogP contribution is -2.39. The van der Waals surface area contributed by atoms with Crippen LogP contribution in [0.25, 0.3) is 0 Å². The number of fused-ring (bicyclic) bond motifs is 1.